The molecule has 3 heteroatoms. The molecule has 2 rings (SSSR count). The molecule has 0 spiro atoms. The summed E-state index contributed by atoms with van der Waals surface area (Å²) in [6.45, 7) is 1.91. The van der Waals surface area contributed by atoms with Crippen molar-refractivity contribution in [3.8, 4) is 0 Å². The zero-order valence-corrected chi connectivity index (χ0v) is 9.69. The van der Waals surface area contributed by atoms with Crippen LogP contribution in [-0.4, -0.2) is 4.98 Å². The number of hydrogen-bond acceptors (Lipinski definition) is 1. The van der Waals surface area contributed by atoms with Crippen LogP contribution >= 0.6 is 11.6 Å². The fourth-order valence-electron chi connectivity index (χ4n) is 1.59. The van der Waals surface area contributed by atoms with E-state index in [9.17, 15) is 0 Å². The Bertz CT molecular complexity index is 443. The van der Waals surface area contributed by atoms with Crippen molar-refractivity contribution in [3.63, 3.8) is 0 Å². The highest BCUT2D eigenvalue weighted by molar-refractivity contribution is 6.30. The van der Waals surface area contributed by atoms with Crippen molar-refractivity contribution in [2.24, 2.45) is 0 Å². The molecule has 82 valence electrons. The minimum atomic E-state index is 0.801. The van der Waals surface area contributed by atoms with Gasteiger partial charge in [-0.05, 0) is 24.3 Å². The molecule has 1 aromatic heterocycles. The molecule has 0 bridgehead atoms. The molecule has 0 unspecified atom stereocenters. The number of quaternary nitrogens is 1. The van der Waals surface area contributed by atoms with Crippen LogP contribution in [0.1, 0.15) is 11.1 Å². The molecule has 0 saturated carbocycles. The number of rotatable bonds is 4. The summed E-state index contributed by atoms with van der Waals surface area (Å²) in [6, 6.07) is 12.0. The van der Waals surface area contributed by atoms with Gasteiger partial charge in [0.25, 0.3) is 0 Å². The third-order valence-corrected chi connectivity index (χ3v) is 2.63. The van der Waals surface area contributed by atoms with Crippen LogP contribution in [0.5, 0.6) is 0 Å². The van der Waals surface area contributed by atoms with Crippen LogP contribution in [0.2, 0.25) is 5.02 Å². The van der Waals surface area contributed by atoms with Crippen molar-refractivity contribution in [2.45, 2.75) is 13.1 Å². The number of nitrogens with two attached hydrogens (primary N) is 1. The topological polar surface area (TPSA) is 29.5 Å². The first kappa shape index (κ1) is 11.1. The number of hydrogen-bond donors (Lipinski definition) is 1. The highest BCUT2D eigenvalue weighted by atomic mass is 35.5. The van der Waals surface area contributed by atoms with E-state index in [4.69, 9.17) is 11.6 Å². The molecule has 0 aliphatic carbocycles. The average molecular weight is 234 g/mol. The van der Waals surface area contributed by atoms with E-state index in [-0.39, 0.29) is 0 Å². The first-order valence-corrected chi connectivity index (χ1v) is 5.67. The summed E-state index contributed by atoms with van der Waals surface area (Å²) in [5.74, 6) is 0. The largest absolute Gasteiger partial charge is 0.339 e. The maximum Gasteiger partial charge on any atom is 0.102 e. The van der Waals surface area contributed by atoms with Crippen LogP contribution in [0.25, 0.3) is 0 Å². The monoisotopic (exact) mass is 233 g/mol. The van der Waals surface area contributed by atoms with Crippen LogP contribution in [0, 0.1) is 0 Å². The minimum absolute atomic E-state index is 0.801. The van der Waals surface area contributed by atoms with Gasteiger partial charge in [0, 0.05) is 28.5 Å². The maximum absolute atomic E-state index is 5.92. The standard InChI is InChI=1S/C13H13ClN2/c14-13-3-1-2-12(8-13)10-16-9-11-4-6-15-7-5-11/h1-8,16H,9-10H2/p+1. The van der Waals surface area contributed by atoms with Crippen LogP contribution in [-0.2, 0) is 13.1 Å². The molecule has 0 aliphatic heterocycles. The quantitative estimate of drug-likeness (QED) is 0.860. The lowest BCUT2D eigenvalue weighted by Gasteiger charge is -2.02. The Morgan fingerprint density at radius 3 is 2.50 bits per heavy atom. The molecule has 2 aromatic rings. The summed E-state index contributed by atoms with van der Waals surface area (Å²) < 4.78 is 0. The second kappa shape index (κ2) is 5.64. The molecule has 16 heavy (non-hydrogen) atoms. The lowest BCUT2D eigenvalue weighted by atomic mass is 10.2. The smallest absolute Gasteiger partial charge is 0.102 e. The Labute approximate surface area is 100 Å². The normalized spacial score (nSPS) is 10.3. The van der Waals surface area contributed by atoms with Crippen LogP contribution in [0.15, 0.2) is 48.8 Å². The van der Waals surface area contributed by atoms with Gasteiger partial charge < -0.3 is 5.32 Å². The zero-order chi connectivity index (χ0) is 11.2. The van der Waals surface area contributed by atoms with Gasteiger partial charge in [-0.25, -0.2) is 0 Å². The highest BCUT2D eigenvalue weighted by Crippen LogP contribution is 2.09. The Kier molecular flexibility index (Phi) is 3.91. The highest BCUT2D eigenvalue weighted by Gasteiger charge is 1.97. The molecule has 2 N–H and O–H groups in total. The van der Waals surface area contributed by atoms with E-state index in [0.717, 1.165) is 18.1 Å². The predicted molar refractivity (Wildman–Crippen MR) is 65.0 cm³/mol. The molecule has 0 atom stereocenters. The summed E-state index contributed by atoms with van der Waals surface area (Å²) in [5, 5.41) is 3.05. The molecule has 0 aliphatic rings. The van der Waals surface area contributed by atoms with E-state index in [2.05, 4.69) is 16.4 Å². The van der Waals surface area contributed by atoms with E-state index in [1.54, 1.807) is 0 Å². The Hall–Kier alpha value is -1.38. The lowest BCUT2D eigenvalue weighted by molar-refractivity contribution is -0.686. The van der Waals surface area contributed by atoms with Gasteiger partial charge in [0.2, 0.25) is 0 Å². The average Bonchev–Trinajstić information content (AvgIpc) is 2.30. The summed E-state index contributed by atoms with van der Waals surface area (Å²) in [6.07, 6.45) is 3.64. The Morgan fingerprint density at radius 2 is 1.75 bits per heavy atom. The van der Waals surface area contributed by atoms with Gasteiger partial charge in [-0.2, -0.15) is 0 Å². The second-order valence-electron chi connectivity index (χ2n) is 3.68. The summed E-state index contributed by atoms with van der Waals surface area (Å²) in [7, 11) is 0. The van der Waals surface area contributed by atoms with E-state index < -0.39 is 0 Å². The summed E-state index contributed by atoms with van der Waals surface area (Å²) >= 11 is 5.92. The van der Waals surface area contributed by atoms with E-state index >= 15 is 0 Å². The summed E-state index contributed by atoms with van der Waals surface area (Å²) in [5.41, 5.74) is 2.54. The van der Waals surface area contributed by atoms with Crippen molar-refractivity contribution in [3.05, 3.63) is 64.9 Å². The van der Waals surface area contributed by atoms with Crippen LogP contribution < -0.4 is 5.32 Å². The van der Waals surface area contributed by atoms with Crippen molar-refractivity contribution < 1.29 is 5.32 Å². The molecule has 1 aromatic carbocycles. The van der Waals surface area contributed by atoms with Gasteiger partial charge >= 0.3 is 0 Å². The van der Waals surface area contributed by atoms with Gasteiger partial charge in [0.15, 0.2) is 0 Å². The number of pyridine rings is 1. The molecular weight excluding hydrogens is 220 g/mol. The molecule has 2 nitrogen and oxygen atoms in total. The van der Waals surface area contributed by atoms with Gasteiger partial charge in [-0.15, -0.1) is 0 Å². The molecule has 0 amide bonds. The fraction of sp³-hybridized carbons (Fsp3) is 0.154. The SMILES string of the molecule is Clc1cccc(C[NH2+]Cc2ccncc2)c1. The Morgan fingerprint density at radius 1 is 1.00 bits per heavy atom. The van der Waals surface area contributed by atoms with Crippen molar-refractivity contribution in [1.29, 1.82) is 0 Å². The Balaban J connectivity index is 1.85. The fourth-order valence-corrected chi connectivity index (χ4v) is 1.80. The minimum Gasteiger partial charge on any atom is -0.339 e. The third kappa shape index (κ3) is 3.33. The van der Waals surface area contributed by atoms with Gasteiger partial charge in [0.1, 0.15) is 13.1 Å². The summed E-state index contributed by atoms with van der Waals surface area (Å²) in [4.78, 5) is 3.99. The van der Waals surface area contributed by atoms with Crippen molar-refractivity contribution >= 4 is 11.6 Å². The lowest BCUT2D eigenvalue weighted by Crippen LogP contribution is -2.80. The number of nitrogens with zero attached hydrogens (tertiary/aromatic N) is 1. The molecule has 0 radical (unpaired) electrons. The third-order valence-electron chi connectivity index (χ3n) is 2.40. The van der Waals surface area contributed by atoms with Crippen LogP contribution in [0.4, 0.5) is 0 Å². The zero-order valence-electron chi connectivity index (χ0n) is 8.94. The van der Waals surface area contributed by atoms with Gasteiger partial charge in [-0.1, -0.05) is 23.7 Å². The van der Waals surface area contributed by atoms with E-state index in [1.165, 1.54) is 11.1 Å². The number of benzene rings is 1. The number of halogens is 1. The first-order valence-electron chi connectivity index (χ1n) is 5.29. The number of aromatic nitrogens is 1. The first-order chi connectivity index (χ1) is 7.84. The van der Waals surface area contributed by atoms with Crippen LogP contribution in [0.3, 0.4) is 0 Å². The van der Waals surface area contributed by atoms with E-state index in [0.29, 0.717) is 0 Å². The second-order valence-corrected chi connectivity index (χ2v) is 4.12. The van der Waals surface area contributed by atoms with Crippen molar-refractivity contribution in [2.75, 3.05) is 0 Å². The molecule has 0 fully saturated rings. The van der Waals surface area contributed by atoms with Gasteiger partial charge in [-0.3, -0.25) is 4.98 Å². The molecular formula is C13H14ClN2+. The molecule has 1 heterocycles. The maximum atomic E-state index is 5.92. The van der Waals surface area contributed by atoms with Gasteiger partial charge in [0.05, 0.1) is 0 Å². The van der Waals surface area contributed by atoms with Crippen molar-refractivity contribution in [1.82, 2.24) is 4.98 Å². The molecule has 0 saturated heterocycles. The van der Waals surface area contributed by atoms with E-state index in [1.807, 2.05) is 42.7 Å². The predicted octanol–water partition coefficient (Wildman–Crippen LogP) is 2.00.